The molecule has 0 aliphatic heterocycles. The van der Waals surface area contributed by atoms with Gasteiger partial charge in [0.1, 0.15) is 5.82 Å². The first-order valence-electron chi connectivity index (χ1n) is 5.46. The van der Waals surface area contributed by atoms with E-state index in [4.69, 9.17) is 5.11 Å². The molecule has 3 nitrogen and oxygen atoms in total. The standard InChI is InChI=1S/C12H13F3O3/c13-8-6-10(15)9(14)5-7(8)11(16)3-1-2-4-12(17)18/h5-6,11,16H,1-4H2,(H,17,18). The Morgan fingerprint density at radius 3 is 2.33 bits per heavy atom. The number of rotatable bonds is 6. The summed E-state index contributed by atoms with van der Waals surface area (Å²) >= 11 is 0. The zero-order valence-corrected chi connectivity index (χ0v) is 9.50. The second-order valence-corrected chi connectivity index (χ2v) is 3.94. The third-order valence-corrected chi connectivity index (χ3v) is 2.52. The van der Waals surface area contributed by atoms with E-state index in [2.05, 4.69) is 0 Å². The number of carboxylic acid groups (broad SMARTS) is 1. The van der Waals surface area contributed by atoms with Gasteiger partial charge in [-0.3, -0.25) is 4.79 Å². The first-order valence-corrected chi connectivity index (χ1v) is 5.46. The van der Waals surface area contributed by atoms with Crippen molar-refractivity contribution in [2.75, 3.05) is 0 Å². The summed E-state index contributed by atoms with van der Waals surface area (Å²) in [6.45, 7) is 0. The van der Waals surface area contributed by atoms with Crippen LogP contribution in [0.2, 0.25) is 0 Å². The Balaban J connectivity index is 2.58. The molecule has 0 spiro atoms. The average Bonchev–Trinajstić information content (AvgIpc) is 2.28. The maximum atomic E-state index is 13.3. The number of hydrogen-bond donors (Lipinski definition) is 2. The van der Waals surface area contributed by atoms with Gasteiger partial charge in [-0.1, -0.05) is 0 Å². The van der Waals surface area contributed by atoms with Crippen molar-refractivity contribution in [1.82, 2.24) is 0 Å². The Morgan fingerprint density at radius 1 is 1.11 bits per heavy atom. The van der Waals surface area contributed by atoms with E-state index in [0.29, 0.717) is 25.0 Å². The lowest BCUT2D eigenvalue weighted by Crippen LogP contribution is -2.04. The van der Waals surface area contributed by atoms with Crippen LogP contribution in [-0.4, -0.2) is 16.2 Å². The van der Waals surface area contributed by atoms with E-state index in [0.717, 1.165) is 0 Å². The molecule has 0 aliphatic carbocycles. The topological polar surface area (TPSA) is 57.5 Å². The molecular weight excluding hydrogens is 249 g/mol. The maximum absolute atomic E-state index is 13.3. The van der Waals surface area contributed by atoms with Gasteiger partial charge in [-0.25, -0.2) is 13.2 Å². The lowest BCUT2D eigenvalue weighted by Gasteiger charge is -2.12. The predicted molar refractivity (Wildman–Crippen MR) is 57.4 cm³/mol. The summed E-state index contributed by atoms with van der Waals surface area (Å²) in [5.74, 6) is -4.51. The van der Waals surface area contributed by atoms with Gasteiger partial charge in [-0.2, -0.15) is 0 Å². The van der Waals surface area contributed by atoms with E-state index in [-0.39, 0.29) is 18.4 Å². The van der Waals surface area contributed by atoms with Crippen LogP contribution in [0.3, 0.4) is 0 Å². The van der Waals surface area contributed by atoms with Gasteiger partial charge in [0.2, 0.25) is 0 Å². The average molecular weight is 262 g/mol. The van der Waals surface area contributed by atoms with Gasteiger partial charge in [-0.15, -0.1) is 0 Å². The summed E-state index contributed by atoms with van der Waals surface area (Å²) in [6.07, 6.45) is -0.542. The lowest BCUT2D eigenvalue weighted by molar-refractivity contribution is -0.137. The highest BCUT2D eigenvalue weighted by atomic mass is 19.2. The zero-order chi connectivity index (χ0) is 13.7. The minimum Gasteiger partial charge on any atom is -0.481 e. The van der Waals surface area contributed by atoms with Crippen molar-refractivity contribution >= 4 is 5.97 Å². The second-order valence-electron chi connectivity index (χ2n) is 3.94. The zero-order valence-electron chi connectivity index (χ0n) is 9.50. The molecule has 0 radical (unpaired) electrons. The van der Waals surface area contributed by atoms with Crippen molar-refractivity contribution in [1.29, 1.82) is 0 Å². The van der Waals surface area contributed by atoms with Crippen LogP contribution in [0, 0.1) is 17.5 Å². The number of aliphatic carboxylic acids is 1. The highest BCUT2D eigenvalue weighted by molar-refractivity contribution is 5.66. The van der Waals surface area contributed by atoms with Gasteiger partial charge >= 0.3 is 5.97 Å². The highest BCUT2D eigenvalue weighted by Gasteiger charge is 2.16. The molecule has 0 saturated carbocycles. The van der Waals surface area contributed by atoms with Gasteiger partial charge in [-0.05, 0) is 25.3 Å². The monoisotopic (exact) mass is 262 g/mol. The summed E-state index contributed by atoms with van der Waals surface area (Å²) < 4.78 is 38.8. The smallest absolute Gasteiger partial charge is 0.303 e. The van der Waals surface area contributed by atoms with Gasteiger partial charge in [0.15, 0.2) is 11.6 Å². The number of carboxylic acids is 1. The molecule has 1 rings (SSSR count). The summed E-state index contributed by atoms with van der Waals surface area (Å²) in [5, 5.41) is 18.0. The van der Waals surface area contributed by atoms with E-state index in [9.17, 15) is 23.1 Å². The van der Waals surface area contributed by atoms with Crippen LogP contribution in [0.4, 0.5) is 13.2 Å². The van der Waals surface area contributed by atoms with Crippen molar-refractivity contribution in [2.45, 2.75) is 31.8 Å². The molecule has 1 atom stereocenters. The summed E-state index contributed by atoms with van der Waals surface area (Å²) in [4.78, 5) is 10.2. The van der Waals surface area contributed by atoms with Gasteiger partial charge in [0.25, 0.3) is 0 Å². The third kappa shape index (κ3) is 4.03. The fraction of sp³-hybridized carbons (Fsp3) is 0.417. The quantitative estimate of drug-likeness (QED) is 0.612. The van der Waals surface area contributed by atoms with Crippen LogP contribution < -0.4 is 0 Å². The van der Waals surface area contributed by atoms with Crippen LogP contribution in [-0.2, 0) is 4.79 Å². The van der Waals surface area contributed by atoms with Crippen molar-refractivity contribution in [3.05, 3.63) is 35.1 Å². The van der Waals surface area contributed by atoms with Crippen molar-refractivity contribution in [3.8, 4) is 0 Å². The second kappa shape index (κ2) is 6.39. The molecule has 6 heteroatoms. The van der Waals surface area contributed by atoms with E-state index < -0.39 is 29.5 Å². The van der Waals surface area contributed by atoms with E-state index >= 15 is 0 Å². The summed E-state index contributed by atoms with van der Waals surface area (Å²) in [6, 6.07) is 0.998. The maximum Gasteiger partial charge on any atom is 0.303 e. The van der Waals surface area contributed by atoms with Crippen LogP contribution >= 0.6 is 0 Å². The van der Waals surface area contributed by atoms with Crippen LogP contribution in [0.15, 0.2) is 12.1 Å². The predicted octanol–water partition coefficient (Wildman–Crippen LogP) is 2.78. The molecule has 0 saturated heterocycles. The Hall–Kier alpha value is -1.56. The molecule has 0 fully saturated rings. The van der Waals surface area contributed by atoms with E-state index in [1.807, 2.05) is 0 Å². The molecule has 18 heavy (non-hydrogen) atoms. The summed E-state index contributed by atoms with van der Waals surface area (Å²) in [5.41, 5.74) is -0.316. The Morgan fingerprint density at radius 2 is 1.72 bits per heavy atom. The number of carbonyl (C=O) groups is 1. The molecule has 0 bridgehead atoms. The van der Waals surface area contributed by atoms with Crippen molar-refractivity contribution in [3.63, 3.8) is 0 Å². The van der Waals surface area contributed by atoms with Gasteiger partial charge in [0.05, 0.1) is 6.10 Å². The lowest BCUT2D eigenvalue weighted by atomic mass is 10.0. The number of halogens is 3. The van der Waals surface area contributed by atoms with E-state index in [1.165, 1.54) is 0 Å². The Kier molecular flexibility index (Phi) is 5.15. The molecule has 0 aromatic heterocycles. The Bertz CT molecular complexity index is 435. The first kappa shape index (κ1) is 14.5. The number of unbranched alkanes of at least 4 members (excludes halogenated alkanes) is 1. The van der Waals surface area contributed by atoms with Crippen LogP contribution in [0.5, 0.6) is 0 Å². The minimum absolute atomic E-state index is 0.0486. The summed E-state index contributed by atoms with van der Waals surface area (Å²) in [7, 11) is 0. The minimum atomic E-state index is -1.31. The Labute approximate surface area is 102 Å². The number of hydrogen-bond acceptors (Lipinski definition) is 2. The van der Waals surface area contributed by atoms with Crippen LogP contribution in [0.25, 0.3) is 0 Å². The normalized spacial score (nSPS) is 12.4. The van der Waals surface area contributed by atoms with Crippen molar-refractivity contribution in [2.24, 2.45) is 0 Å². The number of aliphatic hydroxyl groups excluding tert-OH is 1. The van der Waals surface area contributed by atoms with E-state index in [1.54, 1.807) is 0 Å². The molecule has 0 amide bonds. The third-order valence-electron chi connectivity index (χ3n) is 2.52. The van der Waals surface area contributed by atoms with Gasteiger partial charge in [0, 0.05) is 18.1 Å². The number of benzene rings is 1. The largest absolute Gasteiger partial charge is 0.481 e. The number of aliphatic hydroxyl groups is 1. The SMILES string of the molecule is O=C(O)CCCCC(O)c1cc(F)c(F)cc1F. The molecule has 0 aliphatic rings. The molecule has 1 aromatic carbocycles. The molecular formula is C12H13F3O3. The van der Waals surface area contributed by atoms with Crippen molar-refractivity contribution < 1.29 is 28.2 Å². The molecule has 100 valence electrons. The molecule has 1 aromatic rings. The fourth-order valence-corrected chi connectivity index (χ4v) is 1.56. The van der Waals surface area contributed by atoms with Gasteiger partial charge < -0.3 is 10.2 Å². The molecule has 1 unspecified atom stereocenters. The molecule has 2 N–H and O–H groups in total. The van der Waals surface area contributed by atoms with Crippen LogP contribution in [0.1, 0.15) is 37.4 Å². The molecule has 0 heterocycles. The fourth-order valence-electron chi connectivity index (χ4n) is 1.56. The highest BCUT2D eigenvalue weighted by Crippen LogP contribution is 2.24. The first-order chi connectivity index (χ1) is 8.41.